The number of halogens is 1. The van der Waals surface area contributed by atoms with E-state index in [2.05, 4.69) is 41.0 Å². The maximum absolute atomic E-state index is 8.53. The number of azide groups is 1. The van der Waals surface area contributed by atoms with Crippen LogP contribution >= 0.6 is 15.9 Å². The zero-order chi connectivity index (χ0) is 13.2. The number of rotatable bonds is 2. The molecule has 0 spiro atoms. The predicted octanol–water partition coefficient (Wildman–Crippen LogP) is 3.52. The third-order valence-electron chi connectivity index (χ3n) is 2.50. The molecule has 0 radical (unpaired) electrons. The van der Waals surface area contributed by atoms with Crippen LogP contribution in [0.2, 0.25) is 0 Å². The van der Waals surface area contributed by atoms with Gasteiger partial charge in [0.2, 0.25) is 0 Å². The second-order valence-electron chi connectivity index (χ2n) is 3.64. The quantitative estimate of drug-likeness (QED) is 0.411. The highest BCUT2D eigenvalue weighted by atomic mass is 79.9. The monoisotopic (exact) mass is 315 g/mol. The first kappa shape index (κ1) is 11.6. The molecule has 0 aliphatic rings. The van der Waals surface area contributed by atoms with Gasteiger partial charge in [0, 0.05) is 33.4 Å². The van der Waals surface area contributed by atoms with Crippen molar-refractivity contribution in [2.24, 2.45) is 5.11 Å². The molecule has 92 valence electrons. The van der Waals surface area contributed by atoms with Crippen LogP contribution < -0.4 is 0 Å². The Balaban J connectivity index is 2.25. The molecule has 7 nitrogen and oxygen atoms in total. The maximum Gasteiger partial charge on any atom is 0.181 e. The number of hydrogen-bond donors (Lipinski definition) is 0. The minimum absolute atomic E-state index is 0.189. The molecular formula is C11H6BrN7. The van der Waals surface area contributed by atoms with Gasteiger partial charge in [-0.25, -0.2) is 14.6 Å². The minimum atomic E-state index is 0.189. The van der Waals surface area contributed by atoms with Gasteiger partial charge in [0.05, 0.1) is 0 Å². The van der Waals surface area contributed by atoms with E-state index in [0.29, 0.717) is 5.82 Å². The molecule has 19 heavy (non-hydrogen) atoms. The Morgan fingerprint density at radius 1 is 1.26 bits per heavy atom. The molecule has 1 aromatic carbocycles. The third kappa shape index (κ3) is 2.03. The van der Waals surface area contributed by atoms with Crippen LogP contribution in [-0.4, -0.2) is 19.7 Å². The van der Waals surface area contributed by atoms with Crippen molar-refractivity contribution in [3.8, 4) is 5.82 Å². The van der Waals surface area contributed by atoms with Gasteiger partial charge in [-0.1, -0.05) is 12.1 Å². The number of benzene rings is 1. The normalized spacial score (nSPS) is 10.4. The first-order valence-corrected chi connectivity index (χ1v) is 6.09. The summed E-state index contributed by atoms with van der Waals surface area (Å²) in [7, 11) is 0. The van der Waals surface area contributed by atoms with Crippen molar-refractivity contribution in [3.05, 3.63) is 51.7 Å². The molecule has 0 fully saturated rings. The van der Waals surface area contributed by atoms with Gasteiger partial charge in [-0.3, -0.25) is 0 Å². The van der Waals surface area contributed by atoms with Crippen molar-refractivity contribution in [2.75, 3.05) is 0 Å². The highest BCUT2D eigenvalue weighted by Gasteiger charge is 2.10. The van der Waals surface area contributed by atoms with Crippen molar-refractivity contribution in [3.63, 3.8) is 0 Å². The first-order chi connectivity index (χ1) is 9.29. The molecule has 2 heterocycles. The summed E-state index contributed by atoms with van der Waals surface area (Å²) in [4.78, 5) is 10.9. The lowest BCUT2D eigenvalue weighted by molar-refractivity contribution is 0.849. The largest absolute Gasteiger partial charge is 0.249 e. The smallest absolute Gasteiger partial charge is 0.181 e. The lowest BCUT2D eigenvalue weighted by atomic mass is 10.3. The topological polar surface area (TPSA) is 92.4 Å². The number of fused-ring (bicyclic) bond motifs is 1. The van der Waals surface area contributed by atoms with E-state index in [-0.39, 0.29) is 5.82 Å². The fourth-order valence-corrected chi connectivity index (χ4v) is 2.18. The van der Waals surface area contributed by atoms with Crippen molar-refractivity contribution in [2.45, 2.75) is 0 Å². The van der Waals surface area contributed by atoms with Crippen LogP contribution in [0.1, 0.15) is 0 Å². The molecule has 2 aromatic heterocycles. The van der Waals surface area contributed by atoms with E-state index in [4.69, 9.17) is 5.53 Å². The minimum Gasteiger partial charge on any atom is -0.249 e. The van der Waals surface area contributed by atoms with Gasteiger partial charge >= 0.3 is 0 Å². The Hall–Kier alpha value is -2.44. The van der Waals surface area contributed by atoms with Crippen LogP contribution in [0.4, 0.5) is 5.82 Å². The van der Waals surface area contributed by atoms with Gasteiger partial charge in [0.1, 0.15) is 5.52 Å². The van der Waals surface area contributed by atoms with Crippen LogP contribution in [0.15, 0.2) is 46.4 Å². The molecule has 3 rings (SSSR count). The summed E-state index contributed by atoms with van der Waals surface area (Å²) in [5.41, 5.74) is 9.33. The van der Waals surface area contributed by atoms with E-state index < -0.39 is 0 Å². The predicted molar refractivity (Wildman–Crippen MR) is 73.2 cm³/mol. The SMILES string of the molecule is [N-]=[N+]=Nc1nccnc1-n1cc2cccc(Br)c2n1. The average Bonchev–Trinajstić information content (AvgIpc) is 2.85. The first-order valence-electron chi connectivity index (χ1n) is 5.30. The summed E-state index contributed by atoms with van der Waals surface area (Å²) in [6.07, 6.45) is 4.79. The summed E-state index contributed by atoms with van der Waals surface area (Å²) in [5.74, 6) is 0.581. The molecule has 0 N–H and O–H groups in total. The Morgan fingerprint density at radius 2 is 2.11 bits per heavy atom. The second-order valence-corrected chi connectivity index (χ2v) is 4.50. The molecule has 0 saturated carbocycles. The average molecular weight is 316 g/mol. The fourth-order valence-electron chi connectivity index (χ4n) is 1.72. The van der Waals surface area contributed by atoms with Gasteiger partial charge in [-0.2, -0.15) is 5.10 Å². The number of nitrogens with zero attached hydrogens (tertiary/aromatic N) is 7. The Bertz CT molecular complexity index is 804. The van der Waals surface area contributed by atoms with Crippen LogP contribution in [-0.2, 0) is 0 Å². The molecule has 8 heteroatoms. The number of hydrogen-bond acceptors (Lipinski definition) is 4. The van der Waals surface area contributed by atoms with E-state index in [9.17, 15) is 0 Å². The van der Waals surface area contributed by atoms with Gasteiger partial charge in [0.25, 0.3) is 0 Å². The maximum atomic E-state index is 8.53. The van der Waals surface area contributed by atoms with E-state index >= 15 is 0 Å². The number of aromatic nitrogens is 4. The molecule has 3 aromatic rings. The molecule has 0 bridgehead atoms. The molecular weight excluding hydrogens is 310 g/mol. The highest BCUT2D eigenvalue weighted by Crippen LogP contribution is 2.25. The fraction of sp³-hybridized carbons (Fsp3) is 0. The van der Waals surface area contributed by atoms with Crippen molar-refractivity contribution in [1.82, 2.24) is 19.7 Å². The summed E-state index contributed by atoms with van der Waals surface area (Å²) in [6, 6.07) is 5.77. The van der Waals surface area contributed by atoms with E-state index in [1.54, 1.807) is 10.9 Å². The standard InChI is InChI=1S/C11H6BrN7/c12-8-3-1-2-7-6-19(17-9(7)8)11-10(16-18-13)14-4-5-15-11/h1-6H. The molecule has 0 atom stereocenters. The van der Waals surface area contributed by atoms with Crippen molar-refractivity contribution in [1.29, 1.82) is 0 Å². The summed E-state index contributed by atoms with van der Waals surface area (Å²) in [5, 5.41) is 8.87. The van der Waals surface area contributed by atoms with Crippen LogP contribution in [0.25, 0.3) is 27.2 Å². The molecule has 0 amide bonds. The summed E-state index contributed by atoms with van der Waals surface area (Å²) in [6.45, 7) is 0. The Morgan fingerprint density at radius 3 is 2.89 bits per heavy atom. The van der Waals surface area contributed by atoms with Crippen molar-refractivity contribution < 1.29 is 0 Å². The molecule has 0 saturated heterocycles. The lowest BCUT2D eigenvalue weighted by Crippen LogP contribution is -1.99. The highest BCUT2D eigenvalue weighted by molar-refractivity contribution is 9.10. The lowest BCUT2D eigenvalue weighted by Gasteiger charge is -2.01. The van der Waals surface area contributed by atoms with Crippen molar-refractivity contribution >= 4 is 32.7 Å². The van der Waals surface area contributed by atoms with E-state index in [1.165, 1.54) is 12.4 Å². The third-order valence-corrected chi connectivity index (χ3v) is 3.14. The van der Waals surface area contributed by atoms with E-state index in [1.807, 2.05) is 18.2 Å². The summed E-state index contributed by atoms with van der Waals surface area (Å²) >= 11 is 3.44. The van der Waals surface area contributed by atoms with E-state index in [0.717, 1.165) is 15.4 Å². The van der Waals surface area contributed by atoms with Crippen LogP contribution in [0, 0.1) is 0 Å². The van der Waals surface area contributed by atoms with Gasteiger partial charge in [-0.15, -0.1) is 0 Å². The zero-order valence-corrected chi connectivity index (χ0v) is 11.1. The zero-order valence-electron chi connectivity index (χ0n) is 9.47. The molecule has 0 aliphatic heterocycles. The van der Waals surface area contributed by atoms with Crippen LogP contribution in [0.3, 0.4) is 0 Å². The van der Waals surface area contributed by atoms with Gasteiger partial charge in [0.15, 0.2) is 11.6 Å². The van der Waals surface area contributed by atoms with Crippen LogP contribution in [0.5, 0.6) is 0 Å². The Kier molecular flexibility index (Phi) is 2.86. The molecule has 0 unspecified atom stereocenters. The van der Waals surface area contributed by atoms with Gasteiger partial charge in [-0.05, 0) is 32.6 Å². The Labute approximate surface area is 115 Å². The summed E-state index contributed by atoms with van der Waals surface area (Å²) < 4.78 is 2.44. The van der Waals surface area contributed by atoms with Gasteiger partial charge < -0.3 is 0 Å². The second kappa shape index (κ2) is 4.68. The molecule has 0 aliphatic carbocycles.